The summed E-state index contributed by atoms with van der Waals surface area (Å²) in [5, 5.41) is 3.56. The quantitative estimate of drug-likeness (QED) is 0.466. The minimum Gasteiger partial charge on any atom is -0.330 e. The van der Waals surface area contributed by atoms with Gasteiger partial charge in [0.1, 0.15) is 0 Å². The lowest BCUT2D eigenvalue weighted by molar-refractivity contribution is -0.869. The van der Waals surface area contributed by atoms with Crippen molar-refractivity contribution in [2.75, 3.05) is 81.6 Å². The highest BCUT2D eigenvalue weighted by molar-refractivity contribution is 4.64. The molecule has 0 aliphatic carbocycles. The molecule has 1 N–H and O–H groups in total. The maximum atomic E-state index is 3.56. The van der Waals surface area contributed by atoms with Crippen molar-refractivity contribution in [2.24, 2.45) is 0 Å². The highest BCUT2D eigenvalue weighted by Gasteiger charge is 2.14. The van der Waals surface area contributed by atoms with Gasteiger partial charge in [-0.05, 0) is 13.8 Å². The first-order chi connectivity index (χ1) is 8.51. The van der Waals surface area contributed by atoms with E-state index >= 15 is 0 Å². The lowest BCUT2D eigenvalue weighted by atomic mass is 10.3. The average molecular weight is 274 g/mol. The fraction of sp³-hybridized carbons (Fsp3) is 1.00. The Morgan fingerprint density at radius 3 is 1.74 bits per heavy atom. The molecule has 4 nitrogen and oxygen atoms in total. The van der Waals surface area contributed by atoms with Crippen molar-refractivity contribution in [1.82, 2.24) is 10.2 Å². The highest BCUT2D eigenvalue weighted by atomic mass is 15.3. The van der Waals surface area contributed by atoms with Gasteiger partial charge >= 0.3 is 0 Å². The van der Waals surface area contributed by atoms with Crippen molar-refractivity contribution in [1.29, 1.82) is 0 Å². The molecule has 0 heterocycles. The molecule has 0 unspecified atom stereocenters. The molecule has 116 valence electrons. The van der Waals surface area contributed by atoms with Gasteiger partial charge in [0.2, 0.25) is 0 Å². The van der Waals surface area contributed by atoms with Crippen LogP contribution in [0.15, 0.2) is 0 Å². The summed E-state index contributed by atoms with van der Waals surface area (Å²) in [6, 6.07) is 0.631. The zero-order chi connectivity index (χ0) is 15.1. The van der Waals surface area contributed by atoms with E-state index < -0.39 is 0 Å². The van der Waals surface area contributed by atoms with Crippen LogP contribution in [0.25, 0.3) is 0 Å². The first kappa shape index (κ1) is 18.8. The molecule has 0 spiro atoms. The standard InChI is InChI=1S/C15H38N4/c1-15(2)17(12-14-19(6,7)8)11-9-16-10-13-18(3,4)5/h15-16H,9-14H2,1-8H3/q+2. The smallest absolute Gasteiger partial charge is 0.0909 e. The summed E-state index contributed by atoms with van der Waals surface area (Å²) >= 11 is 0. The van der Waals surface area contributed by atoms with Crippen LogP contribution < -0.4 is 5.32 Å². The number of rotatable bonds is 10. The van der Waals surface area contributed by atoms with Crippen LogP contribution in [0.3, 0.4) is 0 Å². The molecule has 0 aromatic rings. The lowest BCUT2D eigenvalue weighted by Crippen LogP contribution is -2.46. The number of likely N-dealkylation sites (N-methyl/N-ethyl adjacent to an activating group) is 2. The zero-order valence-electron chi connectivity index (χ0n) is 14.7. The second-order valence-corrected chi connectivity index (χ2v) is 7.91. The largest absolute Gasteiger partial charge is 0.330 e. The Morgan fingerprint density at radius 2 is 1.32 bits per heavy atom. The lowest BCUT2D eigenvalue weighted by Gasteiger charge is -2.31. The predicted molar refractivity (Wildman–Crippen MR) is 85.4 cm³/mol. The van der Waals surface area contributed by atoms with Gasteiger partial charge < -0.3 is 14.3 Å². The van der Waals surface area contributed by atoms with Crippen LogP contribution in [0.4, 0.5) is 0 Å². The molecule has 0 aromatic heterocycles. The molecule has 0 atom stereocenters. The minimum absolute atomic E-state index is 0.631. The first-order valence-corrected chi connectivity index (χ1v) is 7.57. The molecule has 0 radical (unpaired) electrons. The second kappa shape index (κ2) is 8.20. The van der Waals surface area contributed by atoms with Gasteiger partial charge in [0.05, 0.1) is 55.4 Å². The molecule has 0 saturated carbocycles. The van der Waals surface area contributed by atoms with Gasteiger partial charge in [0.15, 0.2) is 0 Å². The molecular formula is C15H38N4+2. The molecule has 0 aliphatic heterocycles. The van der Waals surface area contributed by atoms with Gasteiger partial charge in [-0.2, -0.15) is 0 Å². The molecule has 0 aromatic carbocycles. The van der Waals surface area contributed by atoms with Crippen LogP contribution in [0.2, 0.25) is 0 Å². The van der Waals surface area contributed by atoms with Gasteiger partial charge in [-0.15, -0.1) is 0 Å². The van der Waals surface area contributed by atoms with Gasteiger partial charge in [0, 0.05) is 32.2 Å². The fourth-order valence-corrected chi connectivity index (χ4v) is 1.82. The Kier molecular flexibility index (Phi) is 8.13. The van der Waals surface area contributed by atoms with Gasteiger partial charge in [0.25, 0.3) is 0 Å². The minimum atomic E-state index is 0.631. The summed E-state index contributed by atoms with van der Waals surface area (Å²) in [5.74, 6) is 0. The van der Waals surface area contributed by atoms with Crippen LogP contribution in [0, 0.1) is 0 Å². The van der Waals surface area contributed by atoms with E-state index in [1.807, 2.05) is 0 Å². The summed E-state index contributed by atoms with van der Waals surface area (Å²) in [4.78, 5) is 2.57. The second-order valence-electron chi connectivity index (χ2n) is 7.91. The van der Waals surface area contributed by atoms with E-state index in [1.54, 1.807) is 0 Å². The van der Waals surface area contributed by atoms with Crippen molar-refractivity contribution in [2.45, 2.75) is 19.9 Å². The monoisotopic (exact) mass is 274 g/mol. The molecule has 0 rings (SSSR count). The third kappa shape index (κ3) is 12.6. The third-order valence-corrected chi connectivity index (χ3v) is 3.32. The maximum Gasteiger partial charge on any atom is 0.0909 e. The van der Waals surface area contributed by atoms with Crippen LogP contribution >= 0.6 is 0 Å². The van der Waals surface area contributed by atoms with E-state index in [0.717, 1.165) is 28.6 Å². The SMILES string of the molecule is CC(C)N(CCNCC[N+](C)(C)C)CC[N+](C)(C)C. The van der Waals surface area contributed by atoms with Crippen molar-refractivity contribution in [3.05, 3.63) is 0 Å². The maximum absolute atomic E-state index is 3.56. The molecule has 0 bridgehead atoms. The predicted octanol–water partition coefficient (Wildman–Crippen LogP) is 0.699. The molecule has 4 heteroatoms. The Labute approximate surface area is 121 Å². The van der Waals surface area contributed by atoms with Gasteiger partial charge in [-0.1, -0.05) is 0 Å². The molecule has 0 amide bonds. The summed E-state index contributed by atoms with van der Waals surface area (Å²) in [5.41, 5.74) is 0. The van der Waals surface area contributed by atoms with E-state index in [9.17, 15) is 0 Å². The Balaban J connectivity index is 3.84. The Bertz CT molecular complexity index is 225. The molecule has 19 heavy (non-hydrogen) atoms. The van der Waals surface area contributed by atoms with Crippen LogP contribution in [-0.4, -0.2) is 101 Å². The van der Waals surface area contributed by atoms with E-state index in [1.165, 1.54) is 19.6 Å². The number of nitrogens with one attached hydrogen (secondary N) is 1. The van der Waals surface area contributed by atoms with Crippen LogP contribution in [-0.2, 0) is 0 Å². The van der Waals surface area contributed by atoms with Gasteiger partial charge in [-0.25, -0.2) is 0 Å². The normalized spacial score (nSPS) is 13.6. The van der Waals surface area contributed by atoms with Crippen LogP contribution in [0.5, 0.6) is 0 Å². The Hall–Kier alpha value is -0.160. The summed E-state index contributed by atoms with van der Waals surface area (Å²) < 4.78 is 2.07. The van der Waals surface area contributed by atoms with Crippen LogP contribution in [0.1, 0.15) is 13.8 Å². The van der Waals surface area contributed by atoms with Crippen molar-refractivity contribution < 1.29 is 8.97 Å². The van der Waals surface area contributed by atoms with E-state index in [-0.39, 0.29) is 0 Å². The van der Waals surface area contributed by atoms with Crippen molar-refractivity contribution in [3.63, 3.8) is 0 Å². The van der Waals surface area contributed by atoms with E-state index in [0.29, 0.717) is 6.04 Å². The summed E-state index contributed by atoms with van der Waals surface area (Å²) in [6.45, 7) is 11.5. The molecule has 0 aliphatic rings. The fourth-order valence-electron chi connectivity index (χ4n) is 1.82. The average Bonchev–Trinajstić information content (AvgIpc) is 2.18. The third-order valence-electron chi connectivity index (χ3n) is 3.32. The summed E-state index contributed by atoms with van der Waals surface area (Å²) in [7, 11) is 13.5. The number of hydrogen-bond acceptors (Lipinski definition) is 2. The van der Waals surface area contributed by atoms with Crippen molar-refractivity contribution in [3.8, 4) is 0 Å². The first-order valence-electron chi connectivity index (χ1n) is 7.57. The number of hydrogen-bond donors (Lipinski definition) is 1. The van der Waals surface area contributed by atoms with Gasteiger partial charge in [-0.3, -0.25) is 4.90 Å². The summed E-state index contributed by atoms with van der Waals surface area (Å²) in [6.07, 6.45) is 0. The highest BCUT2D eigenvalue weighted by Crippen LogP contribution is 1.99. The van der Waals surface area contributed by atoms with Crippen molar-refractivity contribution >= 4 is 0 Å². The molecular weight excluding hydrogens is 236 g/mol. The number of quaternary nitrogens is 2. The molecule has 0 fully saturated rings. The van der Waals surface area contributed by atoms with E-state index in [4.69, 9.17) is 0 Å². The zero-order valence-corrected chi connectivity index (χ0v) is 14.7. The van der Waals surface area contributed by atoms with E-state index in [2.05, 4.69) is 66.4 Å². The Morgan fingerprint density at radius 1 is 0.789 bits per heavy atom. The molecule has 0 saturated heterocycles. The topological polar surface area (TPSA) is 15.3 Å². The number of nitrogens with zero attached hydrogens (tertiary/aromatic N) is 3.